The number of hydrogen-bond acceptors (Lipinski definition) is 0. The second-order valence-electron chi connectivity index (χ2n) is 12.0. The maximum Gasteiger partial charge on any atom is 1.00 e. The Morgan fingerprint density at radius 1 is 0.321 bits per heavy atom. The van der Waals surface area contributed by atoms with Crippen molar-refractivity contribution >= 4 is 58.6 Å². The molecular weight excluding hydrogens is 866 g/mol. The third-order valence-corrected chi connectivity index (χ3v) is 15.6. The molecule has 0 heterocycles. The smallest absolute Gasteiger partial charge is 0.366 e. The topological polar surface area (TPSA) is 0 Å². The Hall–Kier alpha value is -4.26. The van der Waals surface area contributed by atoms with Crippen LogP contribution in [-0.4, -0.2) is 5.90 Å². The first-order valence-electron chi connectivity index (χ1n) is 17.0. The number of hydrogen-bond donors (Lipinski definition) is 0. The largest absolute Gasteiger partial charge is 1.00 e. The molecule has 0 aliphatic heterocycles. The van der Waals surface area contributed by atoms with Crippen molar-refractivity contribution < 1.29 is 44.8 Å². The molecule has 0 amide bonds. The number of benzene rings is 8. The van der Waals surface area contributed by atoms with Gasteiger partial charge in [-0.3, -0.25) is 11.8 Å². The molecule has 0 aromatic heterocycles. The molecule has 0 nitrogen and oxygen atoms in total. The minimum absolute atomic E-state index is 0. The van der Waals surface area contributed by atoms with E-state index in [9.17, 15) is 0 Å². The average Bonchev–Trinajstić information content (AvgIpc) is 3.22. The van der Waals surface area contributed by atoms with E-state index in [2.05, 4.69) is 145 Å². The van der Waals surface area contributed by atoms with Crippen molar-refractivity contribution in [1.29, 1.82) is 0 Å². The Kier molecular flexibility index (Phi) is 17.3. The number of rotatable bonds is 6. The standard InChI is InChI=1S/C25H22P2.2C12H7.2Ag/c1-5-13-22(14-6-1)26(23-15-7-2-8-16-23)21-27(24-17-9-3-10-18-24)25-19-11-4-12-20-25;2*1-2-10-7-8-11-5-3-4-6-12(11)9-10;;/h1-20H,21H2;2*3-9H;;/q;2*-1;2*+1/p+2. The van der Waals surface area contributed by atoms with E-state index in [0.29, 0.717) is 0 Å². The molecule has 0 saturated heterocycles. The molecule has 0 aliphatic rings. The fraction of sp³-hybridized carbons (Fsp3) is 0.0204. The van der Waals surface area contributed by atoms with Crippen molar-refractivity contribution in [3.8, 4) is 11.8 Å². The Balaban J connectivity index is 0.000000200. The van der Waals surface area contributed by atoms with Gasteiger partial charge < -0.3 is 12.8 Å². The van der Waals surface area contributed by atoms with Crippen molar-refractivity contribution in [3.05, 3.63) is 230 Å². The normalized spacial score (nSPS) is 9.96. The Labute approximate surface area is 348 Å². The molecule has 0 saturated carbocycles. The van der Waals surface area contributed by atoms with E-state index in [0.717, 1.165) is 21.9 Å². The van der Waals surface area contributed by atoms with Gasteiger partial charge in [-0.2, -0.15) is 0 Å². The van der Waals surface area contributed by atoms with Gasteiger partial charge in [0.15, 0.2) is 5.90 Å². The molecule has 0 spiro atoms. The molecular formula is C49H38Ag2P2+2. The van der Waals surface area contributed by atoms with E-state index in [1.54, 1.807) is 0 Å². The molecule has 4 heteroatoms. The first-order valence-corrected chi connectivity index (χ1v) is 20.4. The molecule has 8 rings (SSSR count). The van der Waals surface area contributed by atoms with E-state index >= 15 is 0 Å². The van der Waals surface area contributed by atoms with Gasteiger partial charge in [-0.25, -0.2) is 0 Å². The van der Waals surface area contributed by atoms with Gasteiger partial charge >= 0.3 is 44.8 Å². The molecule has 0 N–H and O–H groups in total. The predicted octanol–water partition coefficient (Wildman–Crippen LogP) is 10.2. The van der Waals surface area contributed by atoms with Gasteiger partial charge in [0.25, 0.3) is 0 Å². The zero-order valence-corrected chi connectivity index (χ0v) is 33.9. The van der Waals surface area contributed by atoms with Crippen molar-refractivity contribution in [1.82, 2.24) is 0 Å². The molecule has 0 atom stereocenters. The summed E-state index contributed by atoms with van der Waals surface area (Å²) in [5.74, 6) is 5.99. The van der Waals surface area contributed by atoms with Crippen LogP contribution in [0.5, 0.6) is 0 Å². The van der Waals surface area contributed by atoms with Crippen molar-refractivity contribution in [2.45, 2.75) is 0 Å². The van der Waals surface area contributed by atoms with Crippen LogP contribution in [0.25, 0.3) is 21.5 Å². The maximum absolute atomic E-state index is 6.97. The summed E-state index contributed by atoms with van der Waals surface area (Å²) in [5.41, 5.74) is 1.66. The Bertz CT molecular complexity index is 2120. The van der Waals surface area contributed by atoms with Gasteiger partial charge in [-0.15, -0.1) is 35.4 Å². The maximum atomic E-state index is 6.97. The summed E-state index contributed by atoms with van der Waals surface area (Å²) in [5, 5.41) is 10.7. The zero-order valence-electron chi connectivity index (χ0n) is 28.9. The summed E-state index contributed by atoms with van der Waals surface area (Å²) in [7, 11) is -1.69. The monoisotopic (exact) mass is 902 g/mol. The molecule has 0 unspecified atom stereocenters. The molecule has 0 radical (unpaired) electrons. The third-order valence-electron chi connectivity index (χ3n) is 8.63. The molecule has 8 aromatic rings. The van der Waals surface area contributed by atoms with E-state index in [1.807, 2.05) is 72.8 Å². The summed E-state index contributed by atoms with van der Waals surface area (Å²) in [4.78, 5) is 0. The van der Waals surface area contributed by atoms with E-state index in [1.165, 1.54) is 37.9 Å². The van der Waals surface area contributed by atoms with Gasteiger partial charge in [0.1, 0.15) is 37.1 Å². The van der Waals surface area contributed by atoms with E-state index in [-0.39, 0.29) is 44.8 Å². The molecule has 264 valence electrons. The van der Waals surface area contributed by atoms with Crippen LogP contribution in [0.1, 0.15) is 11.1 Å². The van der Waals surface area contributed by atoms with Crippen LogP contribution in [0.4, 0.5) is 0 Å². The fourth-order valence-electron chi connectivity index (χ4n) is 6.01. The predicted molar refractivity (Wildman–Crippen MR) is 226 cm³/mol. The van der Waals surface area contributed by atoms with Crippen molar-refractivity contribution in [2.24, 2.45) is 0 Å². The Morgan fingerprint density at radius 3 is 0.868 bits per heavy atom. The van der Waals surface area contributed by atoms with Crippen LogP contribution in [-0.2, 0) is 44.8 Å². The minimum atomic E-state index is -0.847. The SMILES string of the molecule is [Ag+].[Ag+].[C-]#Cc1ccc2ccccc2c1.[C-]#Cc1ccc2ccccc2c1.c1ccc([PH+](C[PH+](c2ccccc2)c2ccccc2)c2ccccc2)cc1. The summed E-state index contributed by atoms with van der Waals surface area (Å²) in [6.07, 6.45) is 13.9. The first kappa shape index (κ1) is 41.5. The molecule has 8 aromatic carbocycles. The van der Waals surface area contributed by atoms with E-state index in [4.69, 9.17) is 12.8 Å². The molecule has 0 aliphatic carbocycles. The minimum Gasteiger partial charge on any atom is -0.366 e. The summed E-state index contributed by atoms with van der Waals surface area (Å²) >= 11 is 0. The zero-order chi connectivity index (χ0) is 35.1. The molecule has 0 bridgehead atoms. The third kappa shape index (κ3) is 11.9. The summed E-state index contributed by atoms with van der Waals surface area (Å²) < 4.78 is 0. The van der Waals surface area contributed by atoms with Crippen LogP contribution in [0.2, 0.25) is 0 Å². The summed E-state index contributed by atoms with van der Waals surface area (Å²) in [6.45, 7) is 0. The van der Waals surface area contributed by atoms with Crippen LogP contribution in [0.15, 0.2) is 206 Å². The van der Waals surface area contributed by atoms with Crippen molar-refractivity contribution in [2.75, 3.05) is 5.90 Å². The first-order chi connectivity index (χ1) is 25.2. The van der Waals surface area contributed by atoms with Gasteiger partial charge in [-0.1, -0.05) is 133 Å². The van der Waals surface area contributed by atoms with Gasteiger partial charge in [-0.05, 0) is 70.1 Å². The van der Waals surface area contributed by atoms with Crippen LogP contribution >= 0.6 is 15.8 Å². The van der Waals surface area contributed by atoms with Gasteiger partial charge in [0, 0.05) is 0 Å². The second kappa shape index (κ2) is 22.1. The van der Waals surface area contributed by atoms with Gasteiger partial charge in [0.05, 0.1) is 0 Å². The summed E-state index contributed by atoms with van der Waals surface area (Å²) in [6, 6.07) is 72.4. The van der Waals surface area contributed by atoms with E-state index < -0.39 is 15.8 Å². The molecule has 53 heavy (non-hydrogen) atoms. The second-order valence-corrected chi connectivity index (χ2v) is 17.6. The van der Waals surface area contributed by atoms with Crippen molar-refractivity contribution in [3.63, 3.8) is 0 Å². The Morgan fingerprint density at radius 2 is 0.585 bits per heavy atom. The van der Waals surface area contributed by atoms with Gasteiger partial charge in [0.2, 0.25) is 0 Å². The average molecular weight is 905 g/mol. The number of fused-ring (bicyclic) bond motifs is 2. The quantitative estimate of drug-likeness (QED) is 0.0675. The fourth-order valence-corrected chi connectivity index (χ4v) is 13.7. The van der Waals surface area contributed by atoms with Crippen LogP contribution in [0.3, 0.4) is 0 Å². The van der Waals surface area contributed by atoms with Crippen LogP contribution < -0.4 is 21.2 Å². The van der Waals surface area contributed by atoms with Crippen LogP contribution in [0, 0.1) is 24.7 Å². The molecule has 0 fully saturated rings.